The van der Waals surface area contributed by atoms with Crippen molar-refractivity contribution in [3.05, 3.63) is 5.82 Å². The first-order valence-electron chi connectivity index (χ1n) is 4.42. The van der Waals surface area contributed by atoms with Crippen molar-refractivity contribution in [3.63, 3.8) is 0 Å². The van der Waals surface area contributed by atoms with E-state index in [4.69, 9.17) is 5.11 Å². The summed E-state index contributed by atoms with van der Waals surface area (Å²) in [5, 5.41) is 13.4. The lowest BCUT2D eigenvalue weighted by molar-refractivity contribution is -0.133. The van der Waals surface area contributed by atoms with Crippen LogP contribution in [-0.4, -0.2) is 31.6 Å². The van der Waals surface area contributed by atoms with Crippen LogP contribution in [0.25, 0.3) is 0 Å². The van der Waals surface area contributed by atoms with Gasteiger partial charge in [-0.2, -0.15) is 5.10 Å². The van der Waals surface area contributed by atoms with Gasteiger partial charge < -0.3 is 5.11 Å². The zero-order valence-corrected chi connectivity index (χ0v) is 8.62. The summed E-state index contributed by atoms with van der Waals surface area (Å²) in [4.78, 5) is 14.7. The van der Waals surface area contributed by atoms with Crippen molar-refractivity contribution >= 4 is 17.7 Å². The fourth-order valence-electron chi connectivity index (χ4n) is 1.16. The van der Waals surface area contributed by atoms with E-state index in [9.17, 15) is 4.79 Å². The van der Waals surface area contributed by atoms with Gasteiger partial charge in [-0.15, -0.1) is 0 Å². The highest BCUT2D eigenvalue weighted by molar-refractivity contribution is 7.99. The van der Waals surface area contributed by atoms with E-state index in [1.807, 2.05) is 0 Å². The maximum absolute atomic E-state index is 10.4. The zero-order chi connectivity index (χ0) is 10.1. The summed E-state index contributed by atoms with van der Waals surface area (Å²) in [6.45, 7) is 0. The van der Waals surface area contributed by atoms with Gasteiger partial charge in [0.1, 0.15) is 0 Å². The average Bonchev–Trinajstić information content (AvgIpc) is 2.88. The maximum atomic E-state index is 10.4. The first-order valence-corrected chi connectivity index (χ1v) is 5.41. The topological polar surface area (TPSA) is 68.0 Å². The number of hydrogen-bond acceptors (Lipinski definition) is 4. The molecule has 0 aliphatic heterocycles. The number of hydrogen-bond donors (Lipinski definition) is 1. The molecule has 76 valence electrons. The van der Waals surface area contributed by atoms with Crippen LogP contribution in [0.5, 0.6) is 0 Å². The first kappa shape index (κ1) is 9.51. The SMILES string of the molecule is Cn1nc(C2CC2)nc1SCC(=O)O. The van der Waals surface area contributed by atoms with E-state index in [-0.39, 0.29) is 5.75 Å². The number of aromatic nitrogens is 3. The van der Waals surface area contributed by atoms with Crippen molar-refractivity contribution in [2.75, 3.05) is 5.75 Å². The van der Waals surface area contributed by atoms with Gasteiger partial charge in [-0.3, -0.25) is 4.79 Å². The number of thioether (sulfide) groups is 1. The molecule has 0 aromatic carbocycles. The molecule has 1 heterocycles. The Morgan fingerprint density at radius 3 is 3.00 bits per heavy atom. The Balaban J connectivity index is 2.04. The predicted molar refractivity (Wildman–Crippen MR) is 51.3 cm³/mol. The highest BCUT2D eigenvalue weighted by atomic mass is 32.2. The smallest absolute Gasteiger partial charge is 0.313 e. The molecule has 0 atom stereocenters. The normalized spacial score (nSPS) is 15.8. The molecule has 0 radical (unpaired) electrons. The molecule has 0 spiro atoms. The second-order valence-electron chi connectivity index (χ2n) is 3.33. The Labute approximate surface area is 85.5 Å². The van der Waals surface area contributed by atoms with Gasteiger partial charge in [0.15, 0.2) is 11.0 Å². The van der Waals surface area contributed by atoms with Crippen LogP contribution in [0.1, 0.15) is 24.6 Å². The van der Waals surface area contributed by atoms with Gasteiger partial charge in [0.05, 0.1) is 5.75 Å². The quantitative estimate of drug-likeness (QED) is 0.751. The molecule has 0 saturated heterocycles. The lowest BCUT2D eigenvalue weighted by Crippen LogP contribution is -2.00. The molecule has 0 unspecified atom stereocenters. The second kappa shape index (κ2) is 3.61. The van der Waals surface area contributed by atoms with Gasteiger partial charge in [0.2, 0.25) is 0 Å². The van der Waals surface area contributed by atoms with Gasteiger partial charge in [-0.25, -0.2) is 9.67 Å². The predicted octanol–water partition coefficient (Wildman–Crippen LogP) is 0.869. The summed E-state index contributed by atoms with van der Waals surface area (Å²) in [5.41, 5.74) is 0. The number of aliphatic carboxylic acids is 1. The van der Waals surface area contributed by atoms with E-state index in [0.29, 0.717) is 11.1 Å². The van der Waals surface area contributed by atoms with Crippen LogP contribution in [0.4, 0.5) is 0 Å². The molecule has 1 fully saturated rings. The Hall–Kier alpha value is -1.04. The molecule has 0 amide bonds. The lowest BCUT2D eigenvalue weighted by atomic mass is 10.4. The first-order chi connectivity index (χ1) is 6.66. The number of nitrogens with zero attached hydrogens (tertiary/aromatic N) is 3. The van der Waals surface area contributed by atoms with Crippen LogP contribution >= 0.6 is 11.8 Å². The number of rotatable bonds is 4. The van der Waals surface area contributed by atoms with E-state index in [0.717, 1.165) is 18.7 Å². The minimum absolute atomic E-state index is 0.0383. The Bertz CT molecular complexity index is 359. The maximum Gasteiger partial charge on any atom is 0.313 e. The van der Waals surface area contributed by atoms with Crippen molar-refractivity contribution < 1.29 is 9.90 Å². The molecular weight excluding hydrogens is 202 g/mol. The molecule has 5 nitrogen and oxygen atoms in total. The van der Waals surface area contributed by atoms with Gasteiger partial charge in [-0.1, -0.05) is 11.8 Å². The molecule has 1 aromatic heterocycles. The van der Waals surface area contributed by atoms with Gasteiger partial charge in [0, 0.05) is 13.0 Å². The van der Waals surface area contributed by atoms with E-state index >= 15 is 0 Å². The van der Waals surface area contributed by atoms with Gasteiger partial charge in [-0.05, 0) is 12.8 Å². The third-order valence-electron chi connectivity index (χ3n) is 2.01. The van der Waals surface area contributed by atoms with Crippen molar-refractivity contribution in [3.8, 4) is 0 Å². The summed E-state index contributed by atoms with van der Waals surface area (Å²) in [6, 6.07) is 0. The molecular formula is C8H11N3O2S. The van der Waals surface area contributed by atoms with E-state index in [1.54, 1.807) is 11.7 Å². The zero-order valence-electron chi connectivity index (χ0n) is 7.80. The minimum atomic E-state index is -0.828. The van der Waals surface area contributed by atoms with Gasteiger partial charge >= 0.3 is 5.97 Å². The fourth-order valence-corrected chi connectivity index (χ4v) is 1.79. The molecule has 1 aliphatic rings. The third kappa shape index (κ3) is 2.06. The standard InChI is InChI=1S/C8H11N3O2S/c1-11-8(14-4-6(12)13)9-7(10-11)5-2-3-5/h5H,2-4H2,1H3,(H,12,13). The van der Waals surface area contributed by atoms with Crippen molar-refractivity contribution in [1.82, 2.24) is 14.8 Å². The molecule has 1 aromatic rings. The van der Waals surface area contributed by atoms with Crippen molar-refractivity contribution in [2.24, 2.45) is 7.05 Å². The van der Waals surface area contributed by atoms with Crippen LogP contribution in [0.15, 0.2) is 5.16 Å². The number of aryl methyl sites for hydroxylation is 1. The lowest BCUT2D eigenvalue weighted by Gasteiger charge is -1.94. The monoisotopic (exact) mass is 213 g/mol. The second-order valence-corrected chi connectivity index (χ2v) is 4.28. The summed E-state index contributed by atoms with van der Waals surface area (Å²) in [7, 11) is 1.79. The number of carboxylic acids is 1. The number of carboxylic acid groups (broad SMARTS) is 1. The molecule has 1 aliphatic carbocycles. The van der Waals surface area contributed by atoms with E-state index < -0.39 is 5.97 Å². The van der Waals surface area contributed by atoms with Crippen molar-refractivity contribution in [2.45, 2.75) is 23.9 Å². The summed E-state index contributed by atoms with van der Waals surface area (Å²) in [5.74, 6) is 0.586. The molecule has 1 saturated carbocycles. The molecule has 0 bridgehead atoms. The van der Waals surface area contributed by atoms with Crippen LogP contribution in [0.3, 0.4) is 0 Å². The van der Waals surface area contributed by atoms with Crippen LogP contribution in [0.2, 0.25) is 0 Å². The molecule has 6 heteroatoms. The average molecular weight is 213 g/mol. The molecule has 14 heavy (non-hydrogen) atoms. The van der Waals surface area contributed by atoms with Crippen LogP contribution in [0, 0.1) is 0 Å². The summed E-state index contributed by atoms with van der Waals surface area (Å²) < 4.78 is 1.65. The highest BCUT2D eigenvalue weighted by Gasteiger charge is 2.28. The van der Waals surface area contributed by atoms with E-state index in [2.05, 4.69) is 10.1 Å². The third-order valence-corrected chi connectivity index (χ3v) is 3.01. The fraction of sp³-hybridized carbons (Fsp3) is 0.625. The van der Waals surface area contributed by atoms with Crippen LogP contribution in [-0.2, 0) is 11.8 Å². The Morgan fingerprint density at radius 1 is 1.71 bits per heavy atom. The van der Waals surface area contributed by atoms with Gasteiger partial charge in [0.25, 0.3) is 0 Å². The largest absolute Gasteiger partial charge is 0.481 e. The van der Waals surface area contributed by atoms with Crippen molar-refractivity contribution in [1.29, 1.82) is 0 Å². The molecule has 2 rings (SSSR count). The Morgan fingerprint density at radius 2 is 2.43 bits per heavy atom. The van der Waals surface area contributed by atoms with Crippen LogP contribution < -0.4 is 0 Å². The summed E-state index contributed by atoms with van der Waals surface area (Å²) in [6.07, 6.45) is 2.32. The highest BCUT2D eigenvalue weighted by Crippen LogP contribution is 2.38. The molecule has 1 N–H and O–H groups in total. The number of carbonyl (C=O) groups is 1. The Kier molecular flexibility index (Phi) is 2.45. The summed E-state index contributed by atoms with van der Waals surface area (Å²) >= 11 is 1.21. The minimum Gasteiger partial charge on any atom is -0.481 e. The van der Waals surface area contributed by atoms with E-state index in [1.165, 1.54) is 11.8 Å².